The largest absolute Gasteiger partial charge is 0.505 e. The van der Waals surface area contributed by atoms with E-state index in [1.165, 1.54) is 17.2 Å². The predicted octanol–water partition coefficient (Wildman–Crippen LogP) is 3.48. The molecule has 1 aliphatic rings. The van der Waals surface area contributed by atoms with Gasteiger partial charge in [0.05, 0.1) is 0 Å². The zero-order valence-electron chi connectivity index (χ0n) is 11.3. The van der Waals surface area contributed by atoms with Gasteiger partial charge in [0.15, 0.2) is 11.6 Å². The molecular formula is C17H18FNO. The molecule has 0 amide bonds. The number of rotatable bonds is 2. The van der Waals surface area contributed by atoms with Crippen molar-refractivity contribution in [3.63, 3.8) is 0 Å². The highest BCUT2D eigenvalue weighted by Gasteiger charge is 2.16. The average molecular weight is 271 g/mol. The van der Waals surface area contributed by atoms with Gasteiger partial charge >= 0.3 is 0 Å². The van der Waals surface area contributed by atoms with Gasteiger partial charge in [-0.1, -0.05) is 36.4 Å². The van der Waals surface area contributed by atoms with Crippen molar-refractivity contribution in [2.45, 2.75) is 25.9 Å². The summed E-state index contributed by atoms with van der Waals surface area (Å²) in [4.78, 5) is 2.26. The lowest BCUT2D eigenvalue weighted by atomic mass is 10.0. The number of phenolic OH excluding ortho intramolecular Hbond substituents is 1. The Bertz CT molecular complexity index is 612. The average Bonchev–Trinajstić information content (AvgIpc) is 2.65. The first-order valence-corrected chi connectivity index (χ1v) is 6.99. The number of hydrogen-bond acceptors (Lipinski definition) is 2. The van der Waals surface area contributed by atoms with Crippen LogP contribution in [-0.4, -0.2) is 16.6 Å². The Morgan fingerprint density at radius 1 is 1.05 bits per heavy atom. The maximum atomic E-state index is 13.4. The molecule has 0 saturated carbocycles. The van der Waals surface area contributed by atoms with Gasteiger partial charge in [0.2, 0.25) is 0 Å². The summed E-state index contributed by atoms with van der Waals surface area (Å²) in [5.41, 5.74) is 3.39. The van der Waals surface area contributed by atoms with E-state index in [4.69, 9.17) is 0 Å². The number of aryl methyl sites for hydroxylation is 1. The second-order valence-electron chi connectivity index (χ2n) is 5.33. The van der Waals surface area contributed by atoms with Crippen molar-refractivity contribution in [3.05, 3.63) is 65.0 Å². The number of fused-ring (bicyclic) bond motifs is 1. The second kappa shape index (κ2) is 5.63. The summed E-state index contributed by atoms with van der Waals surface area (Å²) in [5.74, 6) is -0.761. The minimum atomic E-state index is -0.544. The summed E-state index contributed by atoms with van der Waals surface area (Å²) >= 11 is 0. The van der Waals surface area contributed by atoms with Crippen molar-refractivity contribution in [1.82, 2.24) is 4.90 Å². The van der Waals surface area contributed by atoms with E-state index in [2.05, 4.69) is 29.2 Å². The molecule has 0 radical (unpaired) electrons. The van der Waals surface area contributed by atoms with Gasteiger partial charge < -0.3 is 5.11 Å². The van der Waals surface area contributed by atoms with Gasteiger partial charge in [0.25, 0.3) is 0 Å². The summed E-state index contributed by atoms with van der Waals surface area (Å²) in [6.07, 6.45) is 2.18. The van der Waals surface area contributed by atoms with Crippen molar-refractivity contribution >= 4 is 0 Å². The molecule has 0 spiro atoms. The lowest BCUT2D eigenvalue weighted by Gasteiger charge is -2.21. The van der Waals surface area contributed by atoms with Crippen molar-refractivity contribution in [1.29, 1.82) is 0 Å². The van der Waals surface area contributed by atoms with E-state index < -0.39 is 5.82 Å². The third kappa shape index (κ3) is 2.68. The fraction of sp³-hybridized carbons (Fsp3) is 0.294. The zero-order valence-corrected chi connectivity index (χ0v) is 11.3. The Kier molecular flexibility index (Phi) is 3.70. The molecule has 0 aromatic heterocycles. The molecule has 3 heteroatoms. The molecule has 0 fully saturated rings. The molecule has 0 aliphatic carbocycles. The SMILES string of the molecule is Oc1c(F)cccc1CN1CCCc2ccccc2C1. The molecule has 0 bridgehead atoms. The second-order valence-corrected chi connectivity index (χ2v) is 5.33. The summed E-state index contributed by atoms with van der Waals surface area (Å²) in [6, 6.07) is 13.2. The van der Waals surface area contributed by atoms with Crippen LogP contribution in [0.15, 0.2) is 42.5 Å². The van der Waals surface area contributed by atoms with Gasteiger partial charge in [-0.2, -0.15) is 0 Å². The molecular weight excluding hydrogens is 253 g/mol. The third-order valence-corrected chi connectivity index (χ3v) is 3.90. The van der Waals surface area contributed by atoms with Crippen LogP contribution in [-0.2, 0) is 19.5 Å². The molecule has 1 aliphatic heterocycles. The highest BCUT2D eigenvalue weighted by Crippen LogP contribution is 2.25. The van der Waals surface area contributed by atoms with Crippen LogP contribution in [0.2, 0.25) is 0 Å². The molecule has 2 nitrogen and oxygen atoms in total. The number of hydrogen-bond donors (Lipinski definition) is 1. The van der Waals surface area contributed by atoms with E-state index in [1.807, 2.05) is 0 Å². The summed E-state index contributed by atoms with van der Waals surface area (Å²) < 4.78 is 13.4. The number of phenols is 1. The predicted molar refractivity (Wildman–Crippen MR) is 76.9 cm³/mol. The molecule has 20 heavy (non-hydrogen) atoms. The van der Waals surface area contributed by atoms with E-state index in [0.717, 1.165) is 25.9 Å². The minimum Gasteiger partial charge on any atom is -0.505 e. The van der Waals surface area contributed by atoms with E-state index in [0.29, 0.717) is 12.1 Å². The molecule has 0 saturated heterocycles. The standard InChI is InChI=1S/C17H18FNO/c18-16-9-3-7-15(17(16)20)12-19-10-4-8-13-5-1-2-6-14(13)11-19/h1-3,5-7,9,20H,4,8,10-12H2. The maximum Gasteiger partial charge on any atom is 0.165 e. The Morgan fingerprint density at radius 3 is 2.70 bits per heavy atom. The molecule has 2 aromatic carbocycles. The molecule has 0 atom stereocenters. The van der Waals surface area contributed by atoms with Crippen LogP contribution in [0, 0.1) is 5.82 Å². The van der Waals surface area contributed by atoms with Gasteiger partial charge in [0.1, 0.15) is 0 Å². The van der Waals surface area contributed by atoms with E-state index in [-0.39, 0.29) is 5.75 Å². The van der Waals surface area contributed by atoms with Gasteiger partial charge in [-0.05, 0) is 36.6 Å². The van der Waals surface area contributed by atoms with Crippen molar-refractivity contribution in [2.75, 3.05) is 6.54 Å². The Labute approximate surface area is 118 Å². The normalized spacial score (nSPS) is 15.7. The van der Waals surface area contributed by atoms with Crippen LogP contribution in [0.4, 0.5) is 4.39 Å². The zero-order chi connectivity index (χ0) is 13.9. The number of aromatic hydroxyl groups is 1. The van der Waals surface area contributed by atoms with Crippen molar-refractivity contribution in [3.8, 4) is 5.75 Å². The van der Waals surface area contributed by atoms with Crippen molar-refractivity contribution in [2.24, 2.45) is 0 Å². The molecule has 1 heterocycles. The Hall–Kier alpha value is -1.87. The molecule has 104 valence electrons. The fourth-order valence-electron chi connectivity index (χ4n) is 2.83. The highest BCUT2D eigenvalue weighted by atomic mass is 19.1. The minimum absolute atomic E-state index is 0.218. The fourth-order valence-corrected chi connectivity index (χ4v) is 2.83. The first kappa shape index (κ1) is 13.1. The summed E-state index contributed by atoms with van der Waals surface area (Å²) in [7, 11) is 0. The number of benzene rings is 2. The van der Waals surface area contributed by atoms with Gasteiger partial charge in [-0.15, -0.1) is 0 Å². The molecule has 2 aromatic rings. The van der Waals surface area contributed by atoms with Gasteiger partial charge in [0, 0.05) is 18.7 Å². The van der Waals surface area contributed by atoms with Crippen LogP contribution < -0.4 is 0 Å². The lowest BCUT2D eigenvalue weighted by Crippen LogP contribution is -2.22. The van der Waals surface area contributed by atoms with Crippen LogP contribution >= 0.6 is 0 Å². The van der Waals surface area contributed by atoms with Crippen LogP contribution in [0.1, 0.15) is 23.1 Å². The van der Waals surface area contributed by atoms with E-state index >= 15 is 0 Å². The number of para-hydroxylation sites is 1. The van der Waals surface area contributed by atoms with Gasteiger partial charge in [-0.25, -0.2) is 4.39 Å². The van der Waals surface area contributed by atoms with Crippen LogP contribution in [0.25, 0.3) is 0 Å². The van der Waals surface area contributed by atoms with E-state index in [1.54, 1.807) is 12.1 Å². The Morgan fingerprint density at radius 2 is 1.85 bits per heavy atom. The van der Waals surface area contributed by atoms with Crippen molar-refractivity contribution < 1.29 is 9.50 Å². The quantitative estimate of drug-likeness (QED) is 0.904. The van der Waals surface area contributed by atoms with Crippen LogP contribution in [0.5, 0.6) is 5.75 Å². The first-order valence-electron chi connectivity index (χ1n) is 6.99. The van der Waals surface area contributed by atoms with Gasteiger partial charge in [-0.3, -0.25) is 4.90 Å². The number of halogens is 1. The highest BCUT2D eigenvalue weighted by molar-refractivity contribution is 5.34. The maximum absolute atomic E-state index is 13.4. The smallest absolute Gasteiger partial charge is 0.165 e. The molecule has 0 unspecified atom stereocenters. The Balaban J connectivity index is 1.80. The van der Waals surface area contributed by atoms with Crippen LogP contribution in [0.3, 0.4) is 0 Å². The number of nitrogens with zero attached hydrogens (tertiary/aromatic N) is 1. The topological polar surface area (TPSA) is 23.5 Å². The lowest BCUT2D eigenvalue weighted by molar-refractivity contribution is 0.256. The first-order chi connectivity index (χ1) is 9.74. The third-order valence-electron chi connectivity index (χ3n) is 3.90. The summed E-state index contributed by atoms with van der Waals surface area (Å²) in [6.45, 7) is 2.40. The van der Waals surface area contributed by atoms with E-state index in [9.17, 15) is 9.50 Å². The molecule has 3 rings (SSSR count). The summed E-state index contributed by atoms with van der Waals surface area (Å²) in [5, 5.41) is 9.79. The molecule has 1 N–H and O–H groups in total. The monoisotopic (exact) mass is 271 g/mol.